The van der Waals surface area contributed by atoms with Crippen molar-refractivity contribution >= 4 is 11.6 Å². The minimum atomic E-state index is -0.387. The fourth-order valence-corrected chi connectivity index (χ4v) is 2.13. The van der Waals surface area contributed by atoms with Gasteiger partial charge in [0.15, 0.2) is 0 Å². The summed E-state index contributed by atoms with van der Waals surface area (Å²) in [5.41, 5.74) is 0. The first-order chi connectivity index (χ1) is 6.83. The number of alkyl halides is 1. The van der Waals surface area contributed by atoms with Gasteiger partial charge in [-0.15, -0.1) is 11.6 Å². The summed E-state index contributed by atoms with van der Waals surface area (Å²) in [6.45, 7) is 0.647. The lowest BCUT2D eigenvalue weighted by atomic mass is 9.97. The van der Waals surface area contributed by atoms with Crippen LogP contribution in [0.2, 0.25) is 0 Å². The standard InChI is InChI=1S/C11H22ClNO/c12-8-11(14)9-13-10-6-4-2-1-3-5-7-10/h10-11,13-14H,1-9H2. The minimum Gasteiger partial charge on any atom is -0.391 e. The number of aliphatic hydroxyl groups excluding tert-OH is 1. The Labute approximate surface area is 92.0 Å². The molecule has 0 aromatic heterocycles. The van der Waals surface area contributed by atoms with Crippen molar-refractivity contribution in [2.45, 2.75) is 57.1 Å². The van der Waals surface area contributed by atoms with Crippen LogP contribution in [0.1, 0.15) is 44.9 Å². The monoisotopic (exact) mass is 219 g/mol. The molecule has 2 nitrogen and oxygen atoms in total. The third kappa shape index (κ3) is 5.18. The van der Waals surface area contributed by atoms with Crippen molar-refractivity contribution < 1.29 is 5.11 Å². The third-order valence-electron chi connectivity index (χ3n) is 2.93. The zero-order valence-corrected chi connectivity index (χ0v) is 9.60. The van der Waals surface area contributed by atoms with Crippen molar-refractivity contribution in [3.05, 3.63) is 0 Å². The summed E-state index contributed by atoms with van der Waals surface area (Å²) >= 11 is 5.54. The van der Waals surface area contributed by atoms with E-state index in [-0.39, 0.29) is 6.10 Å². The molecule has 1 unspecified atom stereocenters. The number of rotatable bonds is 4. The molecule has 1 atom stereocenters. The first-order valence-corrected chi connectivity index (χ1v) is 6.34. The van der Waals surface area contributed by atoms with Crippen molar-refractivity contribution in [3.63, 3.8) is 0 Å². The van der Waals surface area contributed by atoms with Gasteiger partial charge in [0.2, 0.25) is 0 Å². The number of halogens is 1. The molecule has 84 valence electrons. The second kappa shape index (κ2) is 7.49. The molecule has 0 amide bonds. The van der Waals surface area contributed by atoms with E-state index in [0.29, 0.717) is 18.5 Å². The Morgan fingerprint density at radius 2 is 1.71 bits per heavy atom. The van der Waals surface area contributed by atoms with Crippen LogP contribution < -0.4 is 5.32 Å². The van der Waals surface area contributed by atoms with Crippen LogP contribution in [-0.2, 0) is 0 Å². The van der Waals surface area contributed by atoms with Gasteiger partial charge in [0.25, 0.3) is 0 Å². The van der Waals surface area contributed by atoms with E-state index in [1.807, 2.05) is 0 Å². The Morgan fingerprint density at radius 3 is 2.29 bits per heavy atom. The third-order valence-corrected chi connectivity index (χ3v) is 3.28. The first-order valence-electron chi connectivity index (χ1n) is 5.80. The maximum absolute atomic E-state index is 9.32. The molecule has 2 N–H and O–H groups in total. The summed E-state index contributed by atoms with van der Waals surface area (Å²) in [4.78, 5) is 0. The summed E-state index contributed by atoms with van der Waals surface area (Å²) in [5, 5.41) is 12.7. The topological polar surface area (TPSA) is 32.3 Å². The quantitative estimate of drug-likeness (QED) is 0.712. The van der Waals surface area contributed by atoms with Gasteiger partial charge >= 0.3 is 0 Å². The second-order valence-electron chi connectivity index (χ2n) is 4.26. The van der Waals surface area contributed by atoms with Crippen LogP contribution in [0.3, 0.4) is 0 Å². The molecule has 1 aliphatic rings. The van der Waals surface area contributed by atoms with Gasteiger partial charge < -0.3 is 10.4 Å². The molecule has 3 heteroatoms. The van der Waals surface area contributed by atoms with Crippen LogP contribution in [0.4, 0.5) is 0 Å². The summed E-state index contributed by atoms with van der Waals surface area (Å²) in [5.74, 6) is 0.333. The van der Waals surface area contributed by atoms with Crippen molar-refractivity contribution in [3.8, 4) is 0 Å². The van der Waals surface area contributed by atoms with Gasteiger partial charge in [0.05, 0.1) is 6.10 Å². The highest BCUT2D eigenvalue weighted by Gasteiger charge is 2.11. The van der Waals surface area contributed by atoms with Crippen molar-refractivity contribution in [2.75, 3.05) is 12.4 Å². The molecule has 0 heterocycles. The molecule has 1 fully saturated rings. The average molecular weight is 220 g/mol. The minimum absolute atomic E-state index is 0.333. The predicted octanol–water partition coefficient (Wildman–Crippen LogP) is 2.29. The van der Waals surface area contributed by atoms with Crippen LogP contribution in [0.5, 0.6) is 0 Å². The summed E-state index contributed by atoms with van der Waals surface area (Å²) in [6.07, 6.45) is 8.93. The van der Waals surface area contributed by atoms with Gasteiger partial charge in [-0.1, -0.05) is 32.1 Å². The second-order valence-corrected chi connectivity index (χ2v) is 4.57. The Balaban J connectivity index is 2.13. The highest BCUT2D eigenvalue weighted by Crippen LogP contribution is 2.16. The van der Waals surface area contributed by atoms with E-state index in [1.165, 1.54) is 44.9 Å². The summed E-state index contributed by atoms with van der Waals surface area (Å²) < 4.78 is 0. The fraction of sp³-hybridized carbons (Fsp3) is 1.00. The van der Waals surface area contributed by atoms with Gasteiger partial charge in [-0.2, -0.15) is 0 Å². The van der Waals surface area contributed by atoms with Gasteiger partial charge in [-0.3, -0.25) is 0 Å². The highest BCUT2D eigenvalue weighted by molar-refractivity contribution is 6.18. The van der Waals surface area contributed by atoms with E-state index < -0.39 is 0 Å². The lowest BCUT2D eigenvalue weighted by molar-refractivity contribution is 0.185. The van der Waals surface area contributed by atoms with Crippen molar-refractivity contribution in [1.29, 1.82) is 0 Å². The molecule has 0 bridgehead atoms. The van der Waals surface area contributed by atoms with E-state index in [0.717, 1.165) is 0 Å². The number of nitrogens with one attached hydrogen (secondary N) is 1. The predicted molar refractivity (Wildman–Crippen MR) is 60.8 cm³/mol. The van der Waals surface area contributed by atoms with E-state index in [9.17, 15) is 5.11 Å². The first kappa shape index (κ1) is 12.3. The Hall–Kier alpha value is 0.210. The van der Waals surface area contributed by atoms with Gasteiger partial charge in [0, 0.05) is 18.5 Å². The molecule has 0 aromatic carbocycles. The van der Waals surface area contributed by atoms with Crippen molar-refractivity contribution in [2.24, 2.45) is 0 Å². The molecule has 0 aliphatic heterocycles. The lowest BCUT2D eigenvalue weighted by Gasteiger charge is -2.22. The van der Waals surface area contributed by atoms with E-state index in [1.54, 1.807) is 0 Å². The Kier molecular flexibility index (Phi) is 6.57. The average Bonchev–Trinajstić information content (AvgIpc) is 2.15. The molecule has 0 spiro atoms. The van der Waals surface area contributed by atoms with E-state index >= 15 is 0 Å². The SMILES string of the molecule is OC(CCl)CNC1CCCCCCC1. The molecule has 0 aromatic rings. The number of hydrogen-bond donors (Lipinski definition) is 2. The highest BCUT2D eigenvalue weighted by atomic mass is 35.5. The van der Waals surface area contributed by atoms with Crippen molar-refractivity contribution in [1.82, 2.24) is 5.32 Å². The molecule has 0 radical (unpaired) electrons. The molecule has 0 saturated heterocycles. The number of aliphatic hydroxyl groups is 1. The van der Waals surface area contributed by atoms with Crippen LogP contribution in [0, 0.1) is 0 Å². The lowest BCUT2D eigenvalue weighted by Crippen LogP contribution is -2.36. The van der Waals surface area contributed by atoms with Crippen LogP contribution >= 0.6 is 11.6 Å². The largest absolute Gasteiger partial charge is 0.391 e. The molecule has 1 rings (SSSR count). The smallest absolute Gasteiger partial charge is 0.0799 e. The molecule has 1 aliphatic carbocycles. The van der Waals surface area contributed by atoms with E-state index in [2.05, 4.69) is 5.32 Å². The summed E-state index contributed by atoms with van der Waals surface area (Å²) in [6, 6.07) is 0.605. The van der Waals surface area contributed by atoms with Crippen LogP contribution in [-0.4, -0.2) is 29.7 Å². The maximum atomic E-state index is 9.32. The zero-order chi connectivity index (χ0) is 10.2. The van der Waals surface area contributed by atoms with Gasteiger partial charge in [0.1, 0.15) is 0 Å². The molecular formula is C11H22ClNO. The number of hydrogen-bond acceptors (Lipinski definition) is 2. The van der Waals surface area contributed by atoms with Crippen LogP contribution in [0.15, 0.2) is 0 Å². The Bertz CT molecular complexity index is 135. The zero-order valence-electron chi connectivity index (χ0n) is 8.84. The molecule has 14 heavy (non-hydrogen) atoms. The Morgan fingerprint density at radius 1 is 1.14 bits per heavy atom. The van der Waals surface area contributed by atoms with Gasteiger partial charge in [-0.05, 0) is 12.8 Å². The normalized spacial score (nSPS) is 22.7. The summed E-state index contributed by atoms with van der Waals surface area (Å²) in [7, 11) is 0. The molecular weight excluding hydrogens is 198 g/mol. The van der Waals surface area contributed by atoms with E-state index in [4.69, 9.17) is 11.6 Å². The molecule has 1 saturated carbocycles. The van der Waals surface area contributed by atoms with Gasteiger partial charge in [-0.25, -0.2) is 0 Å². The fourth-order valence-electron chi connectivity index (χ4n) is 2.02. The van der Waals surface area contributed by atoms with Crippen LogP contribution in [0.25, 0.3) is 0 Å². The maximum Gasteiger partial charge on any atom is 0.0799 e.